The zero-order valence-electron chi connectivity index (χ0n) is 27.0. The summed E-state index contributed by atoms with van der Waals surface area (Å²) in [5, 5.41) is 45.7. The zero-order valence-corrected chi connectivity index (χ0v) is 29.8. The van der Waals surface area contributed by atoms with Crippen LogP contribution in [0.4, 0.5) is 38.9 Å². The molecule has 4 aromatic rings. The number of azo groups is 1. The number of non-ortho nitro benzene ring substituents is 1. The van der Waals surface area contributed by atoms with E-state index in [-0.39, 0.29) is 64.1 Å². The molecule has 0 fully saturated rings. The molecule has 0 saturated heterocycles. The van der Waals surface area contributed by atoms with Crippen molar-refractivity contribution in [3.8, 4) is 5.75 Å². The number of anilines is 4. The van der Waals surface area contributed by atoms with E-state index in [4.69, 9.17) is 0 Å². The van der Waals surface area contributed by atoms with Crippen molar-refractivity contribution >= 4 is 114 Å². The third-order valence-corrected chi connectivity index (χ3v) is 8.44. The van der Waals surface area contributed by atoms with Crippen molar-refractivity contribution in [1.29, 1.82) is 0 Å². The molecule has 20 heteroatoms. The Hall–Kier alpha value is -5.60. The van der Waals surface area contributed by atoms with Gasteiger partial charge in [-0.1, -0.05) is 0 Å². The summed E-state index contributed by atoms with van der Waals surface area (Å²) in [7, 11) is -4.90. The van der Waals surface area contributed by atoms with Gasteiger partial charge in [0.15, 0.2) is 6.04 Å². The van der Waals surface area contributed by atoms with E-state index in [0.29, 0.717) is 34.5 Å². The number of nitro groups is 1. The Morgan fingerprint density at radius 2 is 1.51 bits per heavy atom. The molecule has 51 heavy (non-hydrogen) atoms. The normalized spacial score (nSPS) is 15.9. The second-order valence-electron chi connectivity index (χ2n) is 11.1. The van der Waals surface area contributed by atoms with Gasteiger partial charge in [0.2, 0.25) is 0 Å². The molecule has 0 aromatic heterocycles. The number of amides is 4. The number of carbonyl (C=O) groups is 3. The molecule has 2 aliphatic rings. The minimum absolute atomic E-state index is 0. The number of phenols is 1. The first-order valence-corrected chi connectivity index (χ1v) is 16.0. The Labute approximate surface area is 310 Å². The first-order chi connectivity index (χ1) is 23.7. The summed E-state index contributed by atoms with van der Waals surface area (Å²) in [6, 6.07) is 14.7. The van der Waals surface area contributed by atoms with Crippen molar-refractivity contribution in [3.05, 3.63) is 82.9 Å². The number of nitrogens with zero attached hydrogens (tertiary/aromatic N) is 7. The SMILES string of the molecule is CC1=NN(c2ccc(NC(=O)Nc3ccc(N4N=C(C)C(N=Nc5c(O)cc(S(=O)(=O)O)c6cc([N+](=O)[O-])ccc56)C4=O)cc3)cc2)C(=O)C1.[Na]. The first-order valence-electron chi connectivity index (χ1n) is 14.6. The molecular weight excluding hydrogens is 697 g/mol. The number of phenolic OH excluding ortho intramolecular Hbond substituents is 1. The van der Waals surface area contributed by atoms with Crippen LogP contribution in [-0.4, -0.2) is 87.9 Å². The van der Waals surface area contributed by atoms with Crippen molar-refractivity contribution < 1.29 is 37.4 Å². The summed E-state index contributed by atoms with van der Waals surface area (Å²) in [6.07, 6.45) is 0.254. The van der Waals surface area contributed by atoms with E-state index in [2.05, 4.69) is 31.1 Å². The van der Waals surface area contributed by atoms with E-state index >= 15 is 0 Å². The van der Waals surface area contributed by atoms with Crippen molar-refractivity contribution in [2.24, 2.45) is 20.4 Å². The van der Waals surface area contributed by atoms with Gasteiger partial charge in [-0.05, 0) is 68.4 Å². The Balaban J connectivity index is 0.00000504. The molecule has 4 amide bonds. The molecule has 0 aliphatic carbocycles. The molecule has 4 aromatic carbocycles. The number of rotatable bonds is 8. The number of carbonyl (C=O) groups excluding carboxylic acids is 3. The molecular formula is C31H25N9NaO9S. The second kappa shape index (κ2) is 14.3. The second-order valence-corrected chi connectivity index (χ2v) is 12.5. The third-order valence-electron chi connectivity index (χ3n) is 7.55. The maximum absolute atomic E-state index is 13.3. The summed E-state index contributed by atoms with van der Waals surface area (Å²) in [4.78, 5) is 47.7. The van der Waals surface area contributed by atoms with Crippen LogP contribution in [0.3, 0.4) is 0 Å². The quantitative estimate of drug-likeness (QED) is 0.0630. The molecule has 1 radical (unpaired) electrons. The first kappa shape index (κ1) is 36.7. The fourth-order valence-corrected chi connectivity index (χ4v) is 5.90. The van der Waals surface area contributed by atoms with Crippen molar-refractivity contribution in [3.63, 3.8) is 0 Å². The molecule has 18 nitrogen and oxygen atoms in total. The molecule has 0 spiro atoms. The minimum Gasteiger partial charge on any atom is -0.506 e. The van der Waals surface area contributed by atoms with Gasteiger partial charge in [-0.25, -0.2) is 9.80 Å². The van der Waals surface area contributed by atoms with Gasteiger partial charge in [0.25, 0.3) is 27.6 Å². The Morgan fingerprint density at radius 1 is 0.922 bits per heavy atom. The van der Waals surface area contributed by atoms with Crippen molar-refractivity contribution in [2.45, 2.75) is 31.2 Å². The number of hydrogen-bond acceptors (Lipinski definition) is 12. The van der Waals surface area contributed by atoms with Crippen molar-refractivity contribution in [1.82, 2.24) is 0 Å². The molecule has 4 N–H and O–H groups in total. The van der Waals surface area contributed by atoms with E-state index in [1.165, 1.54) is 24.1 Å². The molecule has 0 bridgehead atoms. The molecule has 6 rings (SSSR count). The number of fused-ring (bicyclic) bond motifs is 1. The molecule has 0 saturated carbocycles. The summed E-state index contributed by atoms with van der Waals surface area (Å²) in [6.45, 7) is 3.29. The predicted octanol–water partition coefficient (Wildman–Crippen LogP) is 4.95. The Bertz CT molecular complexity index is 2310. The topological polar surface area (TPSA) is 249 Å². The van der Waals surface area contributed by atoms with Gasteiger partial charge in [0, 0.05) is 75.6 Å². The van der Waals surface area contributed by atoms with Gasteiger partial charge in [-0.2, -0.15) is 33.9 Å². The van der Waals surface area contributed by atoms with E-state index in [1.54, 1.807) is 43.3 Å². The fourth-order valence-electron chi connectivity index (χ4n) is 5.20. The standard InChI is InChI=1S/C31H25N9O9S.Na/c1-16-13-27(42)38(36-16)20-7-3-18(4-8-20)32-31(44)33-19-5-9-21(10-6-19)39-30(43)28(17(2)37-39)34-35-29-23-12-11-22(40(45)46)14-24(23)26(15-25(29)41)50(47,48)49;/h3-12,14-15,28,41H,13H2,1-2H3,(H2,32,33,44)(H,47,48,49);. The zero-order chi connectivity index (χ0) is 35.9. The molecule has 2 heterocycles. The van der Waals surface area contributed by atoms with Crippen LogP contribution < -0.4 is 20.7 Å². The number of hydrogen-bond donors (Lipinski definition) is 4. The van der Waals surface area contributed by atoms with Gasteiger partial charge in [0.05, 0.1) is 28.4 Å². The summed E-state index contributed by atoms with van der Waals surface area (Å²) >= 11 is 0. The van der Waals surface area contributed by atoms with Crippen molar-refractivity contribution in [2.75, 3.05) is 20.7 Å². The maximum Gasteiger partial charge on any atom is 0.323 e. The van der Waals surface area contributed by atoms with Gasteiger partial charge >= 0.3 is 6.03 Å². The van der Waals surface area contributed by atoms with Crippen LogP contribution in [-0.2, 0) is 19.7 Å². The van der Waals surface area contributed by atoms with E-state index in [1.807, 2.05) is 0 Å². The number of benzene rings is 4. The minimum atomic E-state index is -4.90. The number of hydrazone groups is 2. The van der Waals surface area contributed by atoms with Crippen LogP contribution in [0, 0.1) is 10.1 Å². The molecule has 1 unspecified atom stereocenters. The number of urea groups is 1. The summed E-state index contributed by atoms with van der Waals surface area (Å²) in [5.41, 5.74) is 1.95. The van der Waals surface area contributed by atoms with Crippen LogP contribution in [0.25, 0.3) is 10.8 Å². The fraction of sp³-hybridized carbons (Fsp3) is 0.129. The summed E-state index contributed by atoms with van der Waals surface area (Å²) < 4.78 is 33.5. The van der Waals surface area contributed by atoms with Gasteiger partial charge in [-0.3, -0.25) is 24.3 Å². The van der Waals surface area contributed by atoms with Crippen LogP contribution in [0.1, 0.15) is 20.3 Å². The monoisotopic (exact) mass is 722 g/mol. The summed E-state index contributed by atoms with van der Waals surface area (Å²) in [5.74, 6) is -1.47. The Kier molecular flexibility index (Phi) is 10.3. The largest absolute Gasteiger partial charge is 0.506 e. The average molecular weight is 723 g/mol. The van der Waals surface area contributed by atoms with Gasteiger partial charge < -0.3 is 15.7 Å². The van der Waals surface area contributed by atoms with Gasteiger partial charge in [0.1, 0.15) is 16.3 Å². The predicted molar refractivity (Wildman–Crippen MR) is 187 cm³/mol. The van der Waals surface area contributed by atoms with Crippen LogP contribution in [0.5, 0.6) is 5.75 Å². The molecule has 255 valence electrons. The molecule has 2 aliphatic heterocycles. The smallest absolute Gasteiger partial charge is 0.323 e. The number of nitro benzene ring substituents is 1. The van der Waals surface area contributed by atoms with Crippen LogP contribution >= 0.6 is 0 Å². The Morgan fingerprint density at radius 3 is 2.04 bits per heavy atom. The number of aromatic hydroxyl groups is 1. The molecule has 1 atom stereocenters. The number of nitrogens with one attached hydrogen (secondary N) is 2. The van der Waals surface area contributed by atoms with E-state index < -0.39 is 49.4 Å². The third kappa shape index (κ3) is 7.61. The average Bonchev–Trinajstić information content (AvgIpc) is 3.55. The van der Waals surface area contributed by atoms with E-state index in [9.17, 15) is 42.6 Å². The van der Waals surface area contributed by atoms with Crippen LogP contribution in [0.2, 0.25) is 0 Å². The van der Waals surface area contributed by atoms with E-state index in [0.717, 1.165) is 23.2 Å². The van der Waals surface area contributed by atoms with Crippen LogP contribution in [0.15, 0.2) is 98.1 Å². The maximum atomic E-state index is 13.3. The van der Waals surface area contributed by atoms with Gasteiger partial charge in [-0.15, -0.1) is 0 Å².